The lowest BCUT2D eigenvalue weighted by atomic mass is 10.1. The van der Waals surface area contributed by atoms with E-state index in [2.05, 4.69) is 20.6 Å². The Balaban J connectivity index is 1.55. The average Bonchev–Trinajstić information content (AvgIpc) is 3.15. The van der Waals surface area contributed by atoms with Crippen molar-refractivity contribution in [1.82, 2.24) is 19.8 Å². The molecule has 2 N–H and O–H groups in total. The van der Waals surface area contributed by atoms with E-state index in [0.29, 0.717) is 52.8 Å². The lowest BCUT2D eigenvalue weighted by Gasteiger charge is -2.31. The lowest BCUT2D eigenvalue weighted by Crippen LogP contribution is -2.36. The first-order chi connectivity index (χ1) is 14.6. The van der Waals surface area contributed by atoms with Gasteiger partial charge in [-0.3, -0.25) is 0 Å². The van der Waals surface area contributed by atoms with Gasteiger partial charge in [0, 0.05) is 25.2 Å². The lowest BCUT2D eigenvalue weighted by molar-refractivity contribution is -0.146. The van der Waals surface area contributed by atoms with E-state index < -0.39 is 12.0 Å². The zero-order valence-corrected chi connectivity index (χ0v) is 17.0. The highest BCUT2D eigenvalue weighted by Crippen LogP contribution is 2.30. The summed E-state index contributed by atoms with van der Waals surface area (Å²) in [6.07, 6.45) is -3.84. The summed E-state index contributed by atoms with van der Waals surface area (Å²) in [4.78, 5) is 1.90. The average molecular weight is 438 g/mol. The van der Waals surface area contributed by atoms with Gasteiger partial charge in [0.15, 0.2) is 11.5 Å². The summed E-state index contributed by atoms with van der Waals surface area (Å²) in [6, 6.07) is 4.84. The maximum absolute atomic E-state index is 14.7. The Morgan fingerprint density at radius 1 is 1.13 bits per heavy atom. The van der Waals surface area contributed by atoms with Gasteiger partial charge in [0.05, 0.1) is 11.8 Å². The number of aromatic nitrogens is 4. The number of piperidine rings is 1. The third-order valence-corrected chi connectivity index (χ3v) is 5.62. The van der Waals surface area contributed by atoms with Crippen LogP contribution in [-0.4, -0.2) is 44.1 Å². The first kappa shape index (κ1) is 21.3. The molecule has 0 radical (unpaired) electrons. The van der Waals surface area contributed by atoms with Gasteiger partial charge in [-0.05, 0) is 49.9 Å². The number of halogens is 4. The molecule has 1 aliphatic rings. The van der Waals surface area contributed by atoms with E-state index >= 15 is 0 Å². The predicted octanol–water partition coefficient (Wildman–Crippen LogP) is 3.47. The minimum Gasteiger partial charge on any atom is -0.393 e. The van der Waals surface area contributed by atoms with Crippen LogP contribution in [0.4, 0.5) is 29.1 Å². The molecule has 1 fully saturated rings. The molecule has 7 nitrogen and oxygen atoms in total. The van der Waals surface area contributed by atoms with Gasteiger partial charge in [-0.15, -0.1) is 15.3 Å². The summed E-state index contributed by atoms with van der Waals surface area (Å²) in [5.74, 6) is -1.34. The molecule has 0 spiro atoms. The van der Waals surface area contributed by atoms with Gasteiger partial charge in [-0.25, -0.2) is 4.39 Å². The standard InChI is InChI=1S/C20H22F4N6O/c1-11-12(2)18-26-27-19(20(22,23)24)30(18)28-17(11)25-10-13-3-4-16(15(21)9-13)29-7-5-14(31)6-8-29/h3-4,9,14,31H,5-8,10H2,1-2H3,(H,25,28). The van der Waals surface area contributed by atoms with Crippen molar-refractivity contribution in [2.45, 2.75) is 45.5 Å². The van der Waals surface area contributed by atoms with Crippen molar-refractivity contribution < 1.29 is 22.7 Å². The minimum atomic E-state index is -4.69. The molecule has 3 heterocycles. The molecular formula is C20H22F4N6O. The summed E-state index contributed by atoms with van der Waals surface area (Å²) >= 11 is 0. The van der Waals surface area contributed by atoms with E-state index in [1.807, 2.05) is 4.90 Å². The number of nitrogens with zero attached hydrogens (tertiary/aromatic N) is 5. The second-order valence-electron chi connectivity index (χ2n) is 7.71. The summed E-state index contributed by atoms with van der Waals surface area (Å²) in [6.45, 7) is 4.72. The Morgan fingerprint density at radius 2 is 1.84 bits per heavy atom. The number of nitrogens with one attached hydrogen (secondary N) is 1. The quantitative estimate of drug-likeness (QED) is 0.608. The van der Waals surface area contributed by atoms with Crippen LogP contribution in [0.3, 0.4) is 0 Å². The van der Waals surface area contributed by atoms with Crippen LogP contribution in [0, 0.1) is 19.7 Å². The van der Waals surface area contributed by atoms with Crippen molar-refractivity contribution in [2.75, 3.05) is 23.3 Å². The Bertz CT molecular complexity index is 1110. The van der Waals surface area contributed by atoms with E-state index in [1.165, 1.54) is 6.07 Å². The van der Waals surface area contributed by atoms with Crippen molar-refractivity contribution in [3.05, 3.63) is 46.5 Å². The zero-order valence-electron chi connectivity index (χ0n) is 17.0. The van der Waals surface area contributed by atoms with Crippen LogP contribution in [0.1, 0.15) is 35.4 Å². The van der Waals surface area contributed by atoms with E-state index in [4.69, 9.17) is 0 Å². The highest BCUT2D eigenvalue weighted by atomic mass is 19.4. The summed E-state index contributed by atoms with van der Waals surface area (Å²) in [7, 11) is 0. The number of benzene rings is 1. The van der Waals surface area contributed by atoms with Gasteiger partial charge >= 0.3 is 6.18 Å². The van der Waals surface area contributed by atoms with Crippen molar-refractivity contribution in [3.8, 4) is 0 Å². The van der Waals surface area contributed by atoms with Crippen molar-refractivity contribution in [1.29, 1.82) is 0 Å². The van der Waals surface area contributed by atoms with Crippen LogP contribution < -0.4 is 10.2 Å². The van der Waals surface area contributed by atoms with Crippen LogP contribution in [0.15, 0.2) is 18.2 Å². The first-order valence-electron chi connectivity index (χ1n) is 9.90. The van der Waals surface area contributed by atoms with Crippen LogP contribution >= 0.6 is 0 Å². The number of aliphatic hydroxyl groups is 1. The van der Waals surface area contributed by atoms with Gasteiger partial charge in [0.25, 0.3) is 5.82 Å². The fourth-order valence-electron chi connectivity index (χ4n) is 3.68. The van der Waals surface area contributed by atoms with E-state index in [9.17, 15) is 22.7 Å². The fourth-order valence-corrected chi connectivity index (χ4v) is 3.68. The molecule has 0 unspecified atom stereocenters. The van der Waals surface area contributed by atoms with Crippen LogP contribution in [-0.2, 0) is 12.7 Å². The molecule has 2 aromatic heterocycles. The summed E-state index contributed by atoms with van der Waals surface area (Å²) < 4.78 is 54.9. The molecule has 3 aromatic rings. The number of anilines is 2. The van der Waals surface area contributed by atoms with Gasteiger partial charge in [0.1, 0.15) is 5.82 Å². The Morgan fingerprint density at radius 3 is 2.48 bits per heavy atom. The molecule has 0 bridgehead atoms. The maximum atomic E-state index is 14.7. The van der Waals surface area contributed by atoms with Crippen molar-refractivity contribution in [2.24, 2.45) is 0 Å². The monoisotopic (exact) mass is 438 g/mol. The molecule has 1 aromatic carbocycles. The third-order valence-electron chi connectivity index (χ3n) is 5.62. The normalized spacial score (nSPS) is 15.6. The second-order valence-corrected chi connectivity index (χ2v) is 7.71. The fraction of sp³-hybridized carbons (Fsp3) is 0.450. The summed E-state index contributed by atoms with van der Waals surface area (Å²) in [5.41, 5.74) is 2.29. The zero-order chi connectivity index (χ0) is 22.3. The Labute approximate surface area is 175 Å². The minimum absolute atomic E-state index is 0.0393. The molecule has 0 aliphatic carbocycles. The molecule has 166 valence electrons. The first-order valence-corrected chi connectivity index (χ1v) is 9.90. The van der Waals surface area contributed by atoms with Crippen LogP contribution in [0.25, 0.3) is 5.65 Å². The maximum Gasteiger partial charge on any atom is 0.453 e. The number of hydrogen-bond acceptors (Lipinski definition) is 6. The molecule has 1 aliphatic heterocycles. The van der Waals surface area contributed by atoms with E-state index in [1.54, 1.807) is 26.0 Å². The van der Waals surface area contributed by atoms with E-state index in [-0.39, 0.29) is 29.9 Å². The van der Waals surface area contributed by atoms with Gasteiger partial charge in [0.2, 0.25) is 0 Å². The largest absolute Gasteiger partial charge is 0.453 e. The number of alkyl halides is 3. The highest BCUT2D eigenvalue weighted by molar-refractivity contribution is 5.58. The van der Waals surface area contributed by atoms with Crippen molar-refractivity contribution in [3.63, 3.8) is 0 Å². The molecular weight excluding hydrogens is 416 g/mol. The molecule has 31 heavy (non-hydrogen) atoms. The molecule has 0 atom stereocenters. The number of aliphatic hydroxyl groups excluding tert-OH is 1. The number of rotatable bonds is 4. The van der Waals surface area contributed by atoms with Crippen LogP contribution in [0.5, 0.6) is 0 Å². The third kappa shape index (κ3) is 4.14. The van der Waals surface area contributed by atoms with Gasteiger partial charge in [-0.2, -0.15) is 17.7 Å². The van der Waals surface area contributed by atoms with Gasteiger partial charge in [-0.1, -0.05) is 6.07 Å². The predicted molar refractivity (Wildman–Crippen MR) is 106 cm³/mol. The molecule has 0 amide bonds. The second kappa shape index (κ2) is 7.95. The molecule has 1 saturated heterocycles. The van der Waals surface area contributed by atoms with Gasteiger partial charge < -0.3 is 15.3 Å². The summed E-state index contributed by atoms with van der Waals surface area (Å²) in [5, 5.41) is 23.5. The van der Waals surface area contributed by atoms with Crippen LogP contribution in [0.2, 0.25) is 0 Å². The topological polar surface area (TPSA) is 78.6 Å². The number of fused-ring (bicyclic) bond motifs is 1. The number of aryl methyl sites for hydroxylation is 1. The smallest absolute Gasteiger partial charge is 0.393 e. The van der Waals surface area contributed by atoms with Crippen molar-refractivity contribution >= 4 is 17.2 Å². The molecule has 0 saturated carbocycles. The molecule has 11 heteroatoms. The number of hydrogen-bond donors (Lipinski definition) is 2. The Kier molecular flexibility index (Phi) is 5.46. The Hall–Kier alpha value is -2.95. The van der Waals surface area contributed by atoms with E-state index in [0.717, 1.165) is 0 Å². The molecule has 4 rings (SSSR count). The highest BCUT2D eigenvalue weighted by Gasteiger charge is 2.38. The SMILES string of the molecule is Cc1c(NCc2ccc(N3CCC(O)CC3)c(F)c2)nn2c(C(F)(F)F)nnc2c1C.